The first-order chi connectivity index (χ1) is 25.0. The molecule has 0 saturated carbocycles. The number of carbonyl (C=O) groups excluding carboxylic acids is 2. The molecule has 6 atom stereocenters. The molecule has 0 aliphatic carbocycles. The number of allylic oxidation sites excluding steroid dienone is 2. The highest BCUT2D eigenvalue weighted by Gasteiger charge is 2.46. The Morgan fingerprint density at radius 1 is 0.635 bits per heavy atom. The molecule has 12 nitrogen and oxygen atoms in total. The topological polar surface area (TPSA) is 186 Å². The molecule has 1 saturated heterocycles. The summed E-state index contributed by atoms with van der Waals surface area (Å²) in [4.78, 5) is 25.1. The Hall–Kier alpha value is -1.61. The van der Waals surface area contributed by atoms with Crippen LogP contribution in [-0.4, -0.2) is 96.0 Å². The molecule has 1 aliphatic rings. The molecule has 0 aromatic rings. The lowest BCUT2D eigenvalue weighted by molar-refractivity contribution is -0.297. The predicted molar refractivity (Wildman–Crippen MR) is 201 cm³/mol. The van der Waals surface area contributed by atoms with Crippen LogP contribution in [0.3, 0.4) is 0 Å². The standard InChI is InChI=1S/C39H72O12S/c1-3-5-7-9-11-12-13-14-15-16-17-18-19-20-22-23-25-27-34(40)48-29-32(50-35(41)28-26-24-21-10-8-6-4-2)30-49-39-38(44)37(43)36(42)33(51-39)31-52(45,46)47/h12-13,32-33,36-39,42-44H,3-11,14-31H2,1-2H3,(H,45,46,47)/b13-12+/t32-,33-,36-,37?,38?,39+/m1/s1. The molecular formula is C39H72O12S. The van der Waals surface area contributed by atoms with Crippen molar-refractivity contribution in [3.63, 3.8) is 0 Å². The lowest BCUT2D eigenvalue weighted by Gasteiger charge is -2.40. The molecule has 2 unspecified atom stereocenters. The van der Waals surface area contributed by atoms with E-state index in [4.69, 9.17) is 18.9 Å². The smallest absolute Gasteiger partial charge is 0.306 e. The monoisotopic (exact) mass is 764 g/mol. The first-order valence-corrected chi connectivity index (χ1v) is 21.9. The predicted octanol–water partition coefficient (Wildman–Crippen LogP) is 7.11. The van der Waals surface area contributed by atoms with Crippen molar-refractivity contribution in [1.82, 2.24) is 0 Å². The second-order valence-electron chi connectivity index (χ2n) is 14.3. The van der Waals surface area contributed by atoms with Gasteiger partial charge in [0.2, 0.25) is 0 Å². The first-order valence-electron chi connectivity index (χ1n) is 20.2. The summed E-state index contributed by atoms with van der Waals surface area (Å²) in [6.45, 7) is 3.67. The quantitative estimate of drug-likeness (QED) is 0.0230. The Morgan fingerprint density at radius 3 is 1.62 bits per heavy atom. The summed E-state index contributed by atoms with van der Waals surface area (Å²) in [7, 11) is -4.59. The van der Waals surface area contributed by atoms with Gasteiger partial charge in [0.15, 0.2) is 12.4 Å². The molecule has 0 radical (unpaired) electrons. The van der Waals surface area contributed by atoms with Crippen LogP contribution >= 0.6 is 0 Å². The Balaban J connectivity index is 2.41. The van der Waals surface area contributed by atoms with Crippen molar-refractivity contribution in [1.29, 1.82) is 0 Å². The highest BCUT2D eigenvalue weighted by atomic mass is 32.2. The second kappa shape index (κ2) is 30.7. The van der Waals surface area contributed by atoms with Crippen LogP contribution in [0.4, 0.5) is 0 Å². The van der Waals surface area contributed by atoms with Crippen molar-refractivity contribution < 1.29 is 56.8 Å². The lowest BCUT2D eigenvalue weighted by Crippen LogP contribution is -2.60. The van der Waals surface area contributed by atoms with Gasteiger partial charge in [-0.3, -0.25) is 14.1 Å². The van der Waals surface area contributed by atoms with E-state index in [1.807, 2.05) is 0 Å². The van der Waals surface area contributed by atoms with Crippen LogP contribution < -0.4 is 0 Å². The Morgan fingerprint density at radius 2 is 1.10 bits per heavy atom. The van der Waals surface area contributed by atoms with Crippen LogP contribution in [0.25, 0.3) is 0 Å². The largest absolute Gasteiger partial charge is 0.462 e. The van der Waals surface area contributed by atoms with Crippen LogP contribution in [0.1, 0.15) is 168 Å². The van der Waals surface area contributed by atoms with Crippen LogP contribution in [0.15, 0.2) is 12.2 Å². The maximum atomic E-state index is 12.6. The Labute approximate surface area is 314 Å². The third-order valence-corrected chi connectivity index (χ3v) is 10.1. The van der Waals surface area contributed by atoms with Gasteiger partial charge in [0.05, 0.1) is 6.61 Å². The molecule has 0 amide bonds. The third-order valence-electron chi connectivity index (χ3n) is 9.35. The first kappa shape index (κ1) is 48.4. The van der Waals surface area contributed by atoms with Crippen molar-refractivity contribution in [3.05, 3.63) is 12.2 Å². The van der Waals surface area contributed by atoms with Crippen molar-refractivity contribution in [2.75, 3.05) is 19.0 Å². The van der Waals surface area contributed by atoms with Gasteiger partial charge in [-0.25, -0.2) is 0 Å². The highest BCUT2D eigenvalue weighted by Crippen LogP contribution is 2.24. The summed E-state index contributed by atoms with van der Waals surface area (Å²) in [5, 5.41) is 30.7. The molecule has 0 aromatic carbocycles. The zero-order chi connectivity index (χ0) is 38.5. The molecule has 1 aliphatic heterocycles. The minimum absolute atomic E-state index is 0.165. The van der Waals surface area contributed by atoms with E-state index in [9.17, 15) is 37.9 Å². The zero-order valence-electron chi connectivity index (χ0n) is 32.2. The molecule has 4 N–H and O–H groups in total. The van der Waals surface area contributed by atoms with Crippen molar-refractivity contribution >= 4 is 22.1 Å². The van der Waals surface area contributed by atoms with Gasteiger partial charge in [0, 0.05) is 12.8 Å². The number of aliphatic hydroxyl groups excluding tert-OH is 3. The molecule has 306 valence electrons. The van der Waals surface area contributed by atoms with Crippen LogP contribution in [0, 0.1) is 0 Å². The fourth-order valence-corrected chi connectivity index (χ4v) is 6.83. The van der Waals surface area contributed by atoms with E-state index >= 15 is 0 Å². The van der Waals surface area contributed by atoms with Gasteiger partial charge in [-0.2, -0.15) is 8.42 Å². The minimum Gasteiger partial charge on any atom is -0.462 e. The molecule has 1 rings (SSSR count). The second-order valence-corrected chi connectivity index (χ2v) is 15.8. The molecule has 52 heavy (non-hydrogen) atoms. The molecule has 1 heterocycles. The highest BCUT2D eigenvalue weighted by molar-refractivity contribution is 7.85. The van der Waals surface area contributed by atoms with Gasteiger partial charge in [-0.1, -0.05) is 129 Å². The minimum atomic E-state index is -4.59. The number of hydrogen-bond donors (Lipinski definition) is 4. The van der Waals surface area contributed by atoms with E-state index in [-0.39, 0.29) is 19.4 Å². The van der Waals surface area contributed by atoms with Crippen molar-refractivity contribution in [2.24, 2.45) is 0 Å². The summed E-state index contributed by atoms with van der Waals surface area (Å²) in [6.07, 6.45) is 20.1. The van der Waals surface area contributed by atoms with Gasteiger partial charge in [0.1, 0.15) is 36.8 Å². The number of aliphatic hydroxyl groups is 3. The Bertz CT molecular complexity index is 1040. The van der Waals surface area contributed by atoms with Crippen molar-refractivity contribution in [2.45, 2.75) is 205 Å². The average molecular weight is 765 g/mol. The molecular weight excluding hydrogens is 692 g/mol. The molecule has 13 heteroatoms. The number of carbonyl (C=O) groups is 2. The third kappa shape index (κ3) is 25.4. The molecule has 0 bridgehead atoms. The van der Waals surface area contributed by atoms with Gasteiger partial charge in [0.25, 0.3) is 10.1 Å². The van der Waals surface area contributed by atoms with E-state index in [1.54, 1.807) is 0 Å². The van der Waals surface area contributed by atoms with Gasteiger partial charge in [-0.05, 0) is 38.5 Å². The fourth-order valence-electron chi connectivity index (χ4n) is 6.14. The number of unbranched alkanes of at least 4 members (excludes halogenated alkanes) is 19. The van der Waals surface area contributed by atoms with E-state index in [2.05, 4.69) is 26.0 Å². The zero-order valence-corrected chi connectivity index (χ0v) is 33.0. The molecule has 0 spiro atoms. The maximum Gasteiger partial charge on any atom is 0.306 e. The van der Waals surface area contributed by atoms with Gasteiger partial charge >= 0.3 is 11.9 Å². The van der Waals surface area contributed by atoms with E-state index < -0.39 is 71.2 Å². The average Bonchev–Trinajstić information content (AvgIpc) is 3.10. The summed E-state index contributed by atoms with van der Waals surface area (Å²) < 4.78 is 53.7. The van der Waals surface area contributed by atoms with E-state index in [1.165, 1.54) is 77.0 Å². The fraction of sp³-hybridized carbons (Fsp3) is 0.897. The van der Waals surface area contributed by atoms with Crippen LogP contribution in [0.2, 0.25) is 0 Å². The van der Waals surface area contributed by atoms with Crippen molar-refractivity contribution in [3.8, 4) is 0 Å². The normalized spacial score (nSPS) is 21.4. The maximum absolute atomic E-state index is 12.6. The van der Waals surface area contributed by atoms with E-state index in [0.29, 0.717) is 12.8 Å². The van der Waals surface area contributed by atoms with Gasteiger partial charge < -0.3 is 34.3 Å². The van der Waals surface area contributed by atoms with Crippen LogP contribution in [-0.2, 0) is 38.7 Å². The number of esters is 2. The SMILES string of the molecule is CCCCCC/C=C/CCCCCCCCCCCC(=O)OC[C@H](CO[C@H]1O[C@H](CS(=O)(=O)O)[C@@H](O)C(O)C1O)OC(=O)CCCCCCCCC. The summed E-state index contributed by atoms with van der Waals surface area (Å²) in [5.41, 5.74) is 0. The van der Waals surface area contributed by atoms with Crippen LogP contribution in [0.5, 0.6) is 0 Å². The number of rotatable bonds is 33. The molecule has 0 aromatic heterocycles. The summed E-state index contributed by atoms with van der Waals surface area (Å²) in [6, 6.07) is 0. The summed E-state index contributed by atoms with van der Waals surface area (Å²) in [5.74, 6) is -1.99. The van der Waals surface area contributed by atoms with E-state index in [0.717, 1.165) is 51.4 Å². The lowest BCUT2D eigenvalue weighted by atomic mass is 10.00. The Kier molecular flexibility index (Phi) is 28.6. The van der Waals surface area contributed by atoms with Gasteiger partial charge in [-0.15, -0.1) is 0 Å². The summed E-state index contributed by atoms with van der Waals surface area (Å²) >= 11 is 0. The number of hydrogen-bond acceptors (Lipinski definition) is 11. The molecule has 1 fully saturated rings. The number of ether oxygens (including phenoxy) is 4.